The minimum absolute atomic E-state index is 0.0441. The fraction of sp³-hybridized carbons (Fsp3) is 0.533. The van der Waals surface area contributed by atoms with Crippen molar-refractivity contribution in [3.63, 3.8) is 0 Å². The molecule has 0 saturated heterocycles. The van der Waals surface area contributed by atoms with Crippen molar-refractivity contribution in [2.75, 3.05) is 31.9 Å². The van der Waals surface area contributed by atoms with Crippen molar-refractivity contribution in [1.29, 1.82) is 0 Å². The van der Waals surface area contributed by atoms with Gasteiger partial charge in [0, 0.05) is 24.3 Å². The molecule has 0 aromatic heterocycles. The van der Waals surface area contributed by atoms with Gasteiger partial charge in [0.2, 0.25) is 0 Å². The van der Waals surface area contributed by atoms with Crippen LogP contribution in [0.25, 0.3) is 0 Å². The van der Waals surface area contributed by atoms with Gasteiger partial charge in [-0.1, -0.05) is 19.9 Å². The minimum Gasteiger partial charge on any atom is -0.398 e. The van der Waals surface area contributed by atoms with Crippen LogP contribution in [0.3, 0.4) is 0 Å². The van der Waals surface area contributed by atoms with E-state index in [1.807, 2.05) is 25.1 Å². The number of carbonyl (C=O) groups is 1. The Hall–Kier alpha value is -1.55. The van der Waals surface area contributed by atoms with Crippen molar-refractivity contribution in [2.45, 2.75) is 27.2 Å². The van der Waals surface area contributed by atoms with Crippen LogP contribution in [0.2, 0.25) is 0 Å². The quantitative estimate of drug-likeness (QED) is 0.740. The number of carbonyl (C=O) groups excluding carboxylic acids is 1. The third kappa shape index (κ3) is 4.56. The van der Waals surface area contributed by atoms with E-state index in [0.29, 0.717) is 17.8 Å². The maximum atomic E-state index is 12.1. The number of hydrogen-bond acceptors (Lipinski definition) is 3. The minimum atomic E-state index is -0.0441. The van der Waals surface area contributed by atoms with Crippen molar-refractivity contribution >= 4 is 11.6 Å². The number of likely N-dealkylation sites (N-methyl/N-ethyl adjacent to an activating group) is 1. The molecule has 106 valence electrons. The Labute approximate surface area is 116 Å². The van der Waals surface area contributed by atoms with Gasteiger partial charge in [0.25, 0.3) is 5.91 Å². The molecular formula is C15H25N3O. The molecule has 0 radical (unpaired) electrons. The predicted molar refractivity (Wildman–Crippen MR) is 80.3 cm³/mol. The Bertz CT molecular complexity index is 418. The summed E-state index contributed by atoms with van der Waals surface area (Å²) in [5.74, 6) is -0.0441. The maximum Gasteiger partial charge on any atom is 0.251 e. The van der Waals surface area contributed by atoms with Crippen molar-refractivity contribution in [3.05, 3.63) is 29.3 Å². The fourth-order valence-corrected chi connectivity index (χ4v) is 2.07. The van der Waals surface area contributed by atoms with Crippen molar-refractivity contribution in [1.82, 2.24) is 10.2 Å². The van der Waals surface area contributed by atoms with Gasteiger partial charge in [-0.25, -0.2) is 0 Å². The number of nitrogen functional groups attached to an aromatic ring is 1. The van der Waals surface area contributed by atoms with Crippen LogP contribution in [-0.2, 0) is 0 Å². The molecule has 0 spiro atoms. The summed E-state index contributed by atoms with van der Waals surface area (Å²) < 4.78 is 0. The first kappa shape index (κ1) is 15.5. The van der Waals surface area contributed by atoms with E-state index in [9.17, 15) is 4.79 Å². The van der Waals surface area contributed by atoms with Crippen LogP contribution in [0.4, 0.5) is 5.69 Å². The zero-order chi connectivity index (χ0) is 14.3. The van der Waals surface area contributed by atoms with Crippen molar-refractivity contribution in [2.24, 2.45) is 0 Å². The summed E-state index contributed by atoms with van der Waals surface area (Å²) in [4.78, 5) is 14.4. The molecular weight excluding hydrogens is 238 g/mol. The lowest BCUT2D eigenvalue weighted by atomic mass is 10.1. The lowest BCUT2D eigenvalue weighted by molar-refractivity contribution is 0.0948. The highest BCUT2D eigenvalue weighted by molar-refractivity contribution is 5.96. The van der Waals surface area contributed by atoms with Crippen molar-refractivity contribution < 1.29 is 4.79 Å². The molecule has 0 heterocycles. The first-order valence-electron chi connectivity index (χ1n) is 6.95. The third-order valence-electron chi connectivity index (χ3n) is 3.32. The summed E-state index contributed by atoms with van der Waals surface area (Å²) in [6, 6.07) is 5.43. The predicted octanol–water partition coefficient (Wildman–Crippen LogP) is 2.04. The topological polar surface area (TPSA) is 58.4 Å². The van der Waals surface area contributed by atoms with E-state index in [-0.39, 0.29) is 5.91 Å². The summed E-state index contributed by atoms with van der Waals surface area (Å²) in [7, 11) is 0. The molecule has 0 fully saturated rings. The molecule has 0 aliphatic rings. The first-order chi connectivity index (χ1) is 9.10. The van der Waals surface area contributed by atoms with Gasteiger partial charge in [-0.3, -0.25) is 4.79 Å². The summed E-state index contributed by atoms with van der Waals surface area (Å²) in [6.45, 7) is 9.82. The highest BCUT2D eigenvalue weighted by atomic mass is 16.1. The van der Waals surface area contributed by atoms with E-state index in [1.165, 1.54) is 0 Å². The Balaban J connectivity index is 2.49. The van der Waals surface area contributed by atoms with Crippen LogP contribution in [0.1, 0.15) is 36.2 Å². The number of nitrogens with two attached hydrogens (primary N) is 1. The standard InChI is InChI=1S/C15H25N3O/c1-4-10-18(5-2)11-9-17-15(19)13-7-6-8-14(16)12(13)3/h6-8H,4-5,9-11,16H2,1-3H3,(H,17,19). The van der Waals surface area contributed by atoms with E-state index in [2.05, 4.69) is 24.1 Å². The lowest BCUT2D eigenvalue weighted by Crippen LogP contribution is -2.35. The van der Waals surface area contributed by atoms with Gasteiger partial charge in [-0.05, 0) is 44.1 Å². The number of benzene rings is 1. The van der Waals surface area contributed by atoms with Crippen molar-refractivity contribution in [3.8, 4) is 0 Å². The number of anilines is 1. The molecule has 1 aromatic carbocycles. The van der Waals surface area contributed by atoms with Gasteiger partial charge in [0.15, 0.2) is 0 Å². The number of hydrogen-bond donors (Lipinski definition) is 2. The summed E-state index contributed by atoms with van der Waals surface area (Å²) in [5, 5.41) is 2.95. The van der Waals surface area contributed by atoms with E-state index in [4.69, 9.17) is 5.73 Å². The van der Waals surface area contributed by atoms with Crippen LogP contribution < -0.4 is 11.1 Å². The average Bonchev–Trinajstić information content (AvgIpc) is 2.40. The molecule has 3 N–H and O–H groups in total. The van der Waals surface area contributed by atoms with Gasteiger partial charge in [0.05, 0.1) is 0 Å². The monoisotopic (exact) mass is 263 g/mol. The van der Waals surface area contributed by atoms with E-state index in [1.54, 1.807) is 0 Å². The first-order valence-corrected chi connectivity index (χ1v) is 6.95. The van der Waals surface area contributed by atoms with Gasteiger partial charge < -0.3 is 16.0 Å². The smallest absolute Gasteiger partial charge is 0.251 e. The number of nitrogens with zero attached hydrogens (tertiary/aromatic N) is 1. The average molecular weight is 263 g/mol. The van der Waals surface area contributed by atoms with E-state index >= 15 is 0 Å². The number of rotatable bonds is 7. The van der Waals surface area contributed by atoms with E-state index < -0.39 is 0 Å². The molecule has 0 atom stereocenters. The molecule has 0 saturated carbocycles. The largest absolute Gasteiger partial charge is 0.398 e. The third-order valence-corrected chi connectivity index (χ3v) is 3.32. The molecule has 0 bridgehead atoms. The fourth-order valence-electron chi connectivity index (χ4n) is 2.07. The van der Waals surface area contributed by atoms with Gasteiger partial charge in [0.1, 0.15) is 0 Å². The molecule has 4 nitrogen and oxygen atoms in total. The molecule has 1 rings (SSSR count). The Morgan fingerprint density at radius 2 is 2.05 bits per heavy atom. The van der Waals surface area contributed by atoms with Crippen LogP contribution in [-0.4, -0.2) is 37.0 Å². The SMILES string of the molecule is CCCN(CC)CCNC(=O)c1cccc(N)c1C. The molecule has 0 aliphatic heterocycles. The Morgan fingerprint density at radius 1 is 1.32 bits per heavy atom. The lowest BCUT2D eigenvalue weighted by Gasteiger charge is -2.19. The summed E-state index contributed by atoms with van der Waals surface area (Å²) >= 11 is 0. The number of nitrogens with one attached hydrogen (secondary N) is 1. The molecule has 4 heteroatoms. The Morgan fingerprint density at radius 3 is 2.68 bits per heavy atom. The molecule has 1 amide bonds. The van der Waals surface area contributed by atoms with Crippen LogP contribution in [0, 0.1) is 6.92 Å². The van der Waals surface area contributed by atoms with Gasteiger partial charge >= 0.3 is 0 Å². The molecule has 0 unspecified atom stereocenters. The summed E-state index contributed by atoms with van der Waals surface area (Å²) in [6.07, 6.45) is 1.14. The van der Waals surface area contributed by atoms with Crippen LogP contribution >= 0.6 is 0 Å². The summed E-state index contributed by atoms with van der Waals surface area (Å²) in [5.41, 5.74) is 7.98. The zero-order valence-electron chi connectivity index (χ0n) is 12.2. The van der Waals surface area contributed by atoms with Crippen LogP contribution in [0.15, 0.2) is 18.2 Å². The molecule has 1 aromatic rings. The molecule has 19 heavy (non-hydrogen) atoms. The van der Waals surface area contributed by atoms with Crippen LogP contribution in [0.5, 0.6) is 0 Å². The van der Waals surface area contributed by atoms with Gasteiger partial charge in [-0.2, -0.15) is 0 Å². The normalized spacial score (nSPS) is 10.7. The number of amides is 1. The van der Waals surface area contributed by atoms with Gasteiger partial charge in [-0.15, -0.1) is 0 Å². The highest BCUT2D eigenvalue weighted by Gasteiger charge is 2.10. The maximum absolute atomic E-state index is 12.1. The highest BCUT2D eigenvalue weighted by Crippen LogP contribution is 2.14. The second kappa shape index (κ2) is 7.79. The Kier molecular flexibility index (Phi) is 6.36. The molecule has 0 aliphatic carbocycles. The van der Waals surface area contributed by atoms with E-state index in [0.717, 1.165) is 31.6 Å². The zero-order valence-corrected chi connectivity index (χ0v) is 12.2. The second-order valence-corrected chi connectivity index (χ2v) is 4.71. The second-order valence-electron chi connectivity index (χ2n) is 4.71.